The molecular formula is C56H113NO25. The van der Waals surface area contributed by atoms with Crippen LogP contribution in [0.15, 0.2) is 0 Å². The van der Waals surface area contributed by atoms with Gasteiger partial charge in [-0.2, -0.15) is 0 Å². The van der Waals surface area contributed by atoms with Crippen molar-refractivity contribution < 1.29 is 118 Å². The van der Waals surface area contributed by atoms with Gasteiger partial charge in [-0.15, -0.1) is 0 Å². The molecule has 0 aliphatic rings. The van der Waals surface area contributed by atoms with E-state index in [0.29, 0.717) is 323 Å². The molecule has 0 saturated heterocycles. The first-order valence-electron chi connectivity index (χ1n) is 29.8. The number of methoxy groups -OCH3 is 1. The zero-order valence-electron chi connectivity index (χ0n) is 50.7. The minimum Gasteiger partial charge on any atom is -0.382 e. The molecule has 0 aromatic carbocycles. The maximum Gasteiger partial charge on any atom is 0.220 e. The Morgan fingerprint density at radius 3 is 0.537 bits per heavy atom. The second kappa shape index (κ2) is 77.5. The first-order chi connectivity index (χ1) is 40.8. The van der Waals surface area contributed by atoms with E-state index in [1.54, 1.807) is 7.11 Å². The average Bonchev–Trinajstić information content (AvgIpc) is 3.48. The molecule has 0 aliphatic carbocycles. The van der Waals surface area contributed by atoms with Gasteiger partial charge in [0.05, 0.1) is 311 Å². The third-order valence-corrected chi connectivity index (χ3v) is 10.4. The van der Waals surface area contributed by atoms with Gasteiger partial charge < -0.3 is 119 Å². The van der Waals surface area contributed by atoms with Crippen LogP contribution in [-0.4, -0.2) is 330 Å². The molecule has 0 radical (unpaired) electrons. The highest BCUT2D eigenvalue weighted by Gasteiger charge is 2.02. The van der Waals surface area contributed by atoms with Crippen LogP contribution < -0.4 is 5.32 Å². The maximum absolute atomic E-state index is 11.7. The van der Waals surface area contributed by atoms with E-state index in [1.807, 2.05) is 0 Å². The molecule has 1 amide bonds. The zero-order valence-corrected chi connectivity index (χ0v) is 50.7. The highest BCUT2D eigenvalue weighted by Crippen LogP contribution is 2.02. The summed E-state index contributed by atoms with van der Waals surface area (Å²) in [5.74, 6) is 0.0916. The summed E-state index contributed by atoms with van der Waals surface area (Å²) in [6, 6.07) is 0. The fourth-order valence-electron chi connectivity index (χ4n) is 6.15. The second-order valence-corrected chi connectivity index (χ2v) is 17.2. The van der Waals surface area contributed by atoms with Gasteiger partial charge in [0.2, 0.25) is 5.91 Å². The Labute approximate surface area is 491 Å². The fourth-order valence-corrected chi connectivity index (χ4v) is 6.15. The third-order valence-electron chi connectivity index (χ3n) is 10.4. The summed E-state index contributed by atoms with van der Waals surface area (Å²) in [6.07, 6.45) is 4.98. The molecule has 0 heterocycles. The maximum atomic E-state index is 11.7. The van der Waals surface area contributed by atoms with Crippen LogP contribution in [0.3, 0.4) is 0 Å². The lowest BCUT2D eigenvalue weighted by molar-refractivity contribution is -0.121. The van der Waals surface area contributed by atoms with Crippen molar-refractivity contribution in [3.8, 4) is 0 Å². The smallest absolute Gasteiger partial charge is 0.220 e. The number of carbonyl (C=O) groups excluding carboxylic acids is 1. The number of rotatable bonds is 77. The molecule has 0 saturated carbocycles. The number of ether oxygens (including phenoxy) is 24. The van der Waals surface area contributed by atoms with E-state index >= 15 is 0 Å². The molecular weight excluding hydrogens is 1090 g/mol. The predicted octanol–water partition coefficient (Wildman–Crippen LogP) is 2.10. The van der Waals surface area contributed by atoms with Crippen molar-refractivity contribution in [1.29, 1.82) is 0 Å². The number of unbranched alkanes of at least 4 members (excludes halogenated alkanes) is 3. The zero-order chi connectivity index (χ0) is 58.7. The van der Waals surface area contributed by atoms with Crippen molar-refractivity contribution >= 4 is 5.91 Å². The quantitative estimate of drug-likeness (QED) is 0.0857. The van der Waals surface area contributed by atoms with E-state index in [-0.39, 0.29) is 5.91 Å². The largest absolute Gasteiger partial charge is 0.382 e. The molecule has 0 spiro atoms. The normalized spacial score (nSPS) is 11.7. The van der Waals surface area contributed by atoms with E-state index in [4.69, 9.17) is 114 Å². The highest BCUT2D eigenvalue weighted by atomic mass is 16.6. The van der Waals surface area contributed by atoms with Gasteiger partial charge in [0.25, 0.3) is 0 Å². The first-order valence-corrected chi connectivity index (χ1v) is 29.8. The molecule has 1 N–H and O–H groups in total. The van der Waals surface area contributed by atoms with E-state index < -0.39 is 0 Å². The Kier molecular flexibility index (Phi) is 76.1. The molecule has 0 aromatic heterocycles. The summed E-state index contributed by atoms with van der Waals surface area (Å²) in [5, 5.41) is 2.87. The molecule has 26 nitrogen and oxygen atoms in total. The average molecular weight is 1200 g/mol. The molecule has 492 valence electrons. The lowest BCUT2D eigenvalue weighted by Crippen LogP contribution is -2.27. The Morgan fingerprint density at radius 2 is 0.378 bits per heavy atom. The number of amides is 1. The van der Waals surface area contributed by atoms with Crippen LogP contribution in [0, 0.1) is 0 Å². The molecule has 0 aromatic rings. The summed E-state index contributed by atoms with van der Waals surface area (Å²) < 4.78 is 131. The van der Waals surface area contributed by atoms with Crippen molar-refractivity contribution in [2.45, 2.75) is 39.0 Å². The predicted molar refractivity (Wildman–Crippen MR) is 302 cm³/mol. The van der Waals surface area contributed by atoms with Gasteiger partial charge in [0.1, 0.15) is 0 Å². The molecule has 0 rings (SSSR count). The van der Waals surface area contributed by atoms with E-state index in [1.165, 1.54) is 12.8 Å². The first kappa shape index (κ1) is 80.5. The number of hydrogen-bond donors (Lipinski definition) is 1. The lowest BCUT2D eigenvalue weighted by Gasteiger charge is -2.09. The Balaban J connectivity index is 3.09. The van der Waals surface area contributed by atoms with Crippen LogP contribution in [-0.2, 0) is 118 Å². The summed E-state index contributed by atoms with van der Waals surface area (Å²) in [7, 11) is 1.64. The van der Waals surface area contributed by atoms with Crippen LogP contribution in [0.4, 0.5) is 0 Å². The molecule has 0 atom stereocenters. The van der Waals surface area contributed by atoms with Gasteiger partial charge in [-0.3, -0.25) is 4.79 Å². The van der Waals surface area contributed by atoms with Gasteiger partial charge in [0, 0.05) is 20.1 Å². The molecule has 0 unspecified atom stereocenters. The van der Waals surface area contributed by atoms with Crippen molar-refractivity contribution in [3.05, 3.63) is 0 Å². The summed E-state index contributed by atoms with van der Waals surface area (Å²) >= 11 is 0. The number of nitrogens with one attached hydrogen (secondary N) is 1. The number of hydrogen-bond acceptors (Lipinski definition) is 25. The number of carbonyl (C=O) groups is 1. The van der Waals surface area contributed by atoms with Gasteiger partial charge >= 0.3 is 0 Å². The van der Waals surface area contributed by atoms with Crippen molar-refractivity contribution in [1.82, 2.24) is 5.32 Å². The highest BCUT2D eigenvalue weighted by molar-refractivity contribution is 5.75. The summed E-state index contributed by atoms with van der Waals surface area (Å²) in [4.78, 5) is 11.7. The fraction of sp³-hybridized carbons (Fsp3) is 0.982. The molecule has 0 fully saturated rings. The van der Waals surface area contributed by atoms with Gasteiger partial charge in [0.15, 0.2) is 0 Å². The van der Waals surface area contributed by atoms with E-state index in [0.717, 1.165) is 12.8 Å². The summed E-state index contributed by atoms with van der Waals surface area (Å²) in [6.45, 7) is 26.0. The van der Waals surface area contributed by atoms with E-state index in [9.17, 15) is 4.79 Å². The topological polar surface area (TPSA) is 251 Å². The van der Waals surface area contributed by atoms with Crippen LogP contribution in [0.1, 0.15) is 39.0 Å². The Bertz CT molecular complexity index is 1150. The SMILES string of the molecule is CCCCCCC(=O)NCCOCCOCCOCCOCCOCCOCCOCCOCCOCCOCCOCCOCCOCCOCCOCCOCCOCCOCCOCCOCCOCCOCCOCCOC. The lowest BCUT2D eigenvalue weighted by atomic mass is 10.1. The van der Waals surface area contributed by atoms with E-state index in [2.05, 4.69) is 12.2 Å². The van der Waals surface area contributed by atoms with Crippen molar-refractivity contribution in [3.63, 3.8) is 0 Å². The molecule has 26 heteroatoms. The standard InChI is InChI=1S/C56H113NO25/c1-3-4-5-6-7-56(58)57-8-9-60-12-13-62-16-17-64-20-21-66-24-25-68-28-29-70-32-33-72-36-37-74-40-41-76-44-45-78-48-49-80-52-53-82-55-54-81-51-50-79-47-46-77-43-42-75-39-38-73-35-34-71-31-30-69-27-26-67-23-22-65-19-18-63-15-14-61-11-10-59-2/h3-55H2,1-2H3,(H,57,58). The monoisotopic (exact) mass is 1200 g/mol. The molecule has 0 bridgehead atoms. The summed E-state index contributed by atoms with van der Waals surface area (Å²) in [5.41, 5.74) is 0. The van der Waals surface area contributed by atoms with Crippen LogP contribution in [0.5, 0.6) is 0 Å². The Hall–Kier alpha value is -1.49. The minimum absolute atomic E-state index is 0.0916. The van der Waals surface area contributed by atoms with Gasteiger partial charge in [-0.05, 0) is 6.42 Å². The van der Waals surface area contributed by atoms with Gasteiger partial charge in [-0.1, -0.05) is 26.2 Å². The minimum atomic E-state index is 0.0916. The van der Waals surface area contributed by atoms with Crippen LogP contribution in [0.2, 0.25) is 0 Å². The second-order valence-electron chi connectivity index (χ2n) is 17.2. The van der Waals surface area contributed by atoms with Crippen LogP contribution >= 0.6 is 0 Å². The molecule has 0 aliphatic heterocycles. The van der Waals surface area contributed by atoms with Crippen LogP contribution in [0.25, 0.3) is 0 Å². The van der Waals surface area contributed by atoms with Crippen molar-refractivity contribution in [2.24, 2.45) is 0 Å². The van der Waals surface area contributed by atoms with Gasteiger partial charge in [-0.25, -0.2) is 0 Å². The molecule has 82 heavy (non-hydrogen) atoms. The third kappa shape index (κ3) is 76.5. The van der Waals surface area contributed by atoms with Crippen molar-refractivity contribution in [2.75, 3.05) is 324 Å². The Morgan fingerprint density at radius 1 is 0.220 bits per heavy atom.